The number of benzene rings is 1. The van der Waals surface area contributed by atoms with Crippen LogP contribution in [0.5, 0.6) is 0 Å². The minimum Gasteiger partial charge on any atom is -0.314 e. The molecular weight excluding hydrogens is 290 g/mol. The van der Waals surface area contributed by atoms with Gasteiger partial charge in [-0.25, -0.2) is 0 Å². The third-order valence-corrected chi connectivity index (χ3v) is 3.87. The number of hydrogen-bond donors (Lipinski definition) is 1. The fourth-order valence-electron chi connectivity index (χ4n) is 2.21. The standard InChI is InChI=1S/C14H18BrN3/c1-9-5-6-11(10(2)7-9)14-13(15)12(8-16-3)17-18(14)4/h5-7,16H,8H2,1-4H3. The predicted octanol–water partition coefficient (Wildman–Crippen LogP) is 3.19. The van der Waals surface area contributed by atoms with Gasteiger partial charge in [0.1, 0.15) is 0 Å². The molecule has 0 amide bonds. The van der Waals surface area contributed by atoms with Crippen LogP contribution in [0, 0.1) is 13.8 Å². The second kappa shape index (κ2) is 5.24. The van der Waals surface area contributed by atoms with Gasteiger partial charge in [-0.05, 0) is 42.4 Å². The number of aromatic nitrogens is 2. The maximum absolute atomic E-state index is 4.55. The van der Waals surface area contributed by atoms with Crippen molar-refractivity contribution in [1.82, 2.24) is 15.1 Å². The second-order valence-corrected chi connectivity index (χ2v) is 5.37. The van der Waals surface area contributed by atoms with Crippen LogP contribution >= 0.6 is 15.9 Å². The summed E-state index contributed by atoms with van der Waals surface area (Å²) in [7, 11) is 3.91. The molecule has 0 radical (unpaired) electrons. The fourth-order valence-corrected chi connectivity index (χ4v) is 2.90. The molecule has 2 rings (SSSR count). The summed E-state index contributed by atoms with van der Waals surface area (Å²) in [5, 5.41) is 7.68. The van der Waals surface area contributed by atoms with Crippen LogP contribution in [0.15, 0.2) is 22.7 Å². The first-order valence-corrected chi connectivity index (χ1v) is 6.77. The van der Waals surface area contributed by atoms with Gasteiger partial charge in [-0.1, -0.05) is 23.8 Å². The number of aryl methyl sites for hydroxylation is 3. The number of rotatable bonds is 3. The highest BCUT2D eigenvalue weighted by Gasteiger charge is 2.16. The van der Waals surface area contributed by atoms with Gasteiger partial charge in [0.2, 0.25) is 0 Å². The van der Waals surface area contributed by atoms with Gasteiger partial charge in [0.05, 0.1) is 15.9 Å². The molecule has 0 unspecified atom stereocenters. The van der Waals surface area contributed by atoms with Crippen molar-refractivity contribution >= 4 is 15.9 Å². The molecule has 0 saturated carbocycles. The van der Waals surface area contributed by atoms with E-state index in [4.69, 9.17) is 0 Å². The third-order valence-electron chi connectivity index (χ3n) is 3.04. The van der Waals surface area contributed by atoms with Gasteiger partial charge in [0, 0.05) is 19.2 Å². The summed E-state index contributed by atoms with van der Waals surface area (Å²) in [5.41, 5.74) is 5.96. The molecule has 0 atom stereocenters. The molecule has 1 aromatic heterocycles. The molecule has 0 aliphatic carbocycles. The molecule has 1 heterocycles. The van der Waals surface area contributed by atoms with E-state index in [-0.39, 0.29) is 0 Å². The minimum atomic E-state index is 0.763. The fraction of sp³-hybridized carbons (Fsp3) is 0.357. The zero-order chi connectivity index (χ0) is 13.3. The first kappa shape index (κ1) is 13.3. The van der Waals surface area contributed by atoms with E-state index in [9.17, 15) is 0 Å². The van der Waals surface area contributed by atoms with Crippen molar-refractivity contribution in [2.75, 3.05) is 7.05 Å². The molecule has 0 bridgehead atoms. The Balaban J connectivity index is 2.56. The quantitative estimate of drug-likeness (QED) is 0.944. The third kappa shape index (κ3) is 2.35. The Bertz CT molecular complexity index is 573. The molecule has 18 heavy (non-hydrogen) atoms. The average Bonchev–Trinajstić information content (AvgIpc) is 2.56. The van der Waals surface area contributed by atoms with E-state index < -0.39 is 0 Å². The van der Waals surface area contributed by atoms with Gasteiger partial charge in [-0.3, -0.25) is 4.68 Å². The molecule has 96 valence electrons. The Morgan fingerprint density at radius 1 is 1.33 bits per heavy atom. The zero-order valence-corrected chi connectivity index (χ0v) is 12.8. The maximum atomic E-state index is 4.55. The van der Waals surface area contributed by atoms with Gasteiger partial charge < -0.3 is 5.32 Å². The van der Waals surface area contributed by atoms with Crippen molar-refractivity contribution in [3.05, 3.63) is 39.5 Å². The van der Waals surface area contributed by atoms with Crippen molar-refractivity contribution in [2.24, 2.45) is 7.05 Å². The van der Waals surface area contributed by atoms with Gasteiger partial charge in [-0.15, -0.1) is 0 Å². The summed E-state index contributed by atoms with van der Waals surface area (Å²) in [5.74, 6) is 0. The van der Waals surface area contributed by atoms with Crippen molar-refractivity contribution in [3.8, 4) is 11.3 Å². The molecule has 3 nitrogen and oxygen atoms in total. The molecule has 0 aliphatic heterocycles. The SMILES string of the molecule is CNCc1nn(C)c(-c2ccc(C)cc2C)c1Br. The highest BCUT2D eigenvalue weighted by molar-refractivity contribution is 9.10. The Morgan fingerprint density at radius 2 is 2.06 bits per heavy atom. The molecule has 0 saturated heterocycles. The number of hydrogen-bond acceptors (Lipinski definition) is 2. The van der Waals surface area contributed by atoms with E-state index >= 15 is 0 Å². The average molecular weight is 308 g/mol. The highest BCUT2D eigenvalue weighted by Crippen LogP contribution is 2.33. The van der Waals surface area contributed by atoms with Crippen molar-refractivity contribution < 1.29 is 0 Å². The lowest BCUT2D eigenvalue weighted by Gasteiger charge is -2.08. The van der Waals surface area contributed by atoms with Gasteiger partial charge in [-0.2, -0.15) is 5.10 Å². The summed E-state index contributed by atoms with van der Waals surface area (Å²) < 4.78 is 3.01. The van der Waals surface area contributed by atoms with Crippen LogP contribution < -0.4 is 5.32 Å². The van der Waals surface area contributed by atoms with Crippen LogP contribution in [0.4, 0.5) is 0 Å². The largest absolute Gasteiger partial charge is 0.314 e. The molecule has 0 aliphatic rings. The van der Waals surface area contributed by atoms with Crippen LogP contribution in [-0.4, -0.2) is 16.8 Å². The zero-order valence-electron chi connectivity index (χ0n) is 11.2. The lowest BCUT2D eigenvalue weighted by Crippen LogP contribution is -2.06. The van der Waals surface area contributed by atoms with Crippen molar-refractivity contribution in [2.45, 2.75) is 20.4 Å². The molecule has 0 fully saturated rings. The smallest absolute Gasteiger partial charge is 0.0910 e. The van der Waals surface area contributed by atoms with E-state index in [0.29, 0.717) is 0 Å². The molecular formula is C14H18BrN3. The normalized spacial score (nSPS) is 10.9. The molecule has 0 spiro atoms. The summed E-state index contributed by atoms with van der Waals surface area (Å²) >= 11 is 3.67. The lowest BCUT2D eigenvalue weighted by molar-refractivity contribution is 0.715. The van der Waals surface area contributed by atoms with Crippen molar-refractivity contribution in [1.29, 1.82) is 0 Å². The number of nitrogens with zero attached hydrogens (tertiary/aromatic N) is 2. The Morgan fingerprint density at radius 3 is 2.67 bits per heavy atom. The lowest BCUT2D eigenvalue weighted by atomic mass is 10.0. The molecule has 1 N–H and O–H groups in total. The van der Waals surface area contributed by atoms with E-state index in [1.54, 1.807) is 0 Å². The number of halogens is 1. The first-order valence-electron chi connectivity index (χ1n) is 5.98. The van der Waals surface area contributed by atoms with E-state index in [0.717, 1.165) is 22.4 Å². The van der Waals surface area contributed by atoms with Crippen LogP contribution in [-0.2, 0) is 13.6 Å². The van der Waals surface area contributed by atoms with Gasteiger partial charge in [0.15, 0.2) is 0 Å². The number of nitrogens with one attached hydrogen (secondary N) is 1. The Kier molecular flexibility index (Phi) is 3.88. The molecule has 2 aromatic rings. The van der Waals surface area contributed by atoms with Crippen LogP contribution in [0.3, 0.4) is 0 Å². The van der Waals surface area contributed by atoms with Crippen LogP contribution in [0.25, 0.3) is 11.3 Å². The topological polar surface area (TPSA) is 29.9 Å². The minimum absolute atomic E-state index is 0.763. The molecule has 4 heteroatoms. The summed E-state index contributed by atoms with van der Waals surface area (Å²) in [6.07, 6.45) is 0. The summed E-state index contributed by atoms with van der Waals surface area (Å²) in [6.45, 7) is 5.01. The Hall–Kier alpha value is -1.13. The summed E-state index contributed by atoms with van der Waals surface area (Å²) in [6, 6.07) is 6.50. The second-order valence-electron chi connectivity index (χ2n) is 4.58. The van der Waals surface area contributed by atoms with Crippen molar-refractivity contribution in [3.63, 3.8) is 0 Å². The predicted molar refractivity (Wildman–Crippen MR) is 78.6 cm³/mol. The van der Waals surface area contributed by atoms with Crippen LogP contribution in [0.2, 0.25) is 0 Å². The Labute approximate surface area is 116 Å². The molecule has 1 aromatic carbocycles. The van der Waals surface area contributed by atoms with Gasteiger partial charge in [0.25, 0.3) is 0 Å². The maximum Gasteiger partial charge on any atom is 0.0910 e. The van der Waals surface area contributed by atoms with E-state index in [2.05, 4.69) is 58.4 Å². The van der Waals surface area contributed by atoms with E-state index in [1.807, 2.05) is 18.8 Å². The van der Waals surface area contributed by atoms with E-state index in [1.165, 1.54) is 16.7 Å². The first-order chi connectivity index (χ1) is 8.54. The van der Waals surface area contributed by atoms with Crippen LogP contribution in [0.1, 0.15) is 16.8 Å². The monoisotopic (exact) mass is 307 g/mol. The van der Waals surface area contributed by atoms with Gasteiger partial charge >= 0.3 is 0 Å². The highest BCUT2D eigenvalue weighted by atomic mass is 79.9. The summed E-state index contributed by atoms with van der Waals surface area (Å²) in [4.78, 5) is 0.